The molecule has 2 fully saturated rings. The molecule has 3 aliphatic rings. The number of hydrogen-bond acceptors (Lipinski definition) is 5. The number of halogens is 1. The monoisotopic (exact) mass is 594 g/mol. The Morgan fingerprint density at radius 2 is 1.86 bits per heavy atom. The first-order chi connectivity index (χ1) is 20.6. The van der Waals surface area contributed by atoms with Gasteiger partial charge in [-0.2, -0.15) is 0 Å². The van der Waals surface area contributed by atoms with Crippen LogP contribution in [0.5, 0.6) is 5.75 Å². The second-order valence-electron chi connectivity index (χ2n) is 13.3. The number of methoxy groups -OCH3 is 1. The van der Waals surface area contributed by atoms with E-state index in [1.54, 1.807) is 37.4 Å². The molecule has 234 valence electrons. The van der Waals surface area contributed by atoms with Crippen LogP contribution in [0, 0.1) is 23.2 Å². The fourth-order valence-electron chi connectivity index (χ4n) is 8.52. The molecular formula is C35H47FN2O5. The number of aliphatic hydroxyl groups is 1. The summed E-state index contributed by atoms with van der Waals surface area (Å²) in [4.78, 5) is 26.4. The number of carbonyl (C=O) groups is 2. The van der Waals surface area contributed by atoms with Crippen molar-refractivity contribution in [1.82, 2.24) is 4.90 Å². The molecule has 0 spiro atoms. The number of aromatic hydroxyl groups is 1. The zero-order valence-corrected chi connectivity index (χ0v) is 25.7. The largest absolute Gasteiger partial charge is 0.508 e. The second kappa shape index (κ2) is 13.3. The number of rotatable bonds is 11. The molecule has 0 bridgehead atoms. The average Bonchev–Trinajstić information content (AvgIpc) is 3.26. The van der Waals surface area contributed by atoms with Crippen molar-refractivity contribution >= 4 is 17.5 Å². The van der Waals surface area contributed by atoms with Crippen LogP contribution in [0.4, 0.5) is 10.1 Å². The highest BCUT2D eigenvalue weighted by Gasteiger charge is 2.59. The van der Waals surface area contributed by atoms with Gasteiger partial charge in [0.15, 0.2) is 0 Å². The fourth-order valence-corrected chi connectivity index (χ4v) is 8.52. The number of phenolic OH excluding ortho intramolecular Hbond substituents is 1. The zero-order valence-electron chi connectivity index (χ0n) is 25.7. The van der Waals surface area contributed by atoms with Gasteiger partial charge in [0, 0.05) is 44.3 Å². The molecule has 7 atom stereocenters. The number of fused-ring (bicyclic) bond motifs is 5. The molecule has 0 heterocycles. The fraction of sp³-hybridized carbons (Fsp3) is 0.600. The normalized spacial score (nSPS) is 29.3. The molecule has 0 aromatic heterocycles. The molecule has 2 aromatic carbocycles. The first kappa shape index (κ1) is 31.5. The predicted octanol–water partition coefficient (Wildman–Crippen LogP) is 6.09. The number of anilines is 1. The van der Waals surface area contributed by atoms with Crippen molar-refractivity contribution in [3.05, 3.63) is 59.2 Å². The Morgan fingerprint density at radius 1 is 1.09 bits per heavy atom. The van der Waals surface area contributed by atoms with E-state index in [1.807, 2.05) is 17.0 Å². The van der Waals surface area contributed by atoms with Gasteiger partial charge in [0.25, 0.3) is 5.91 Å². The summed E-state index contributed by atoms with van der Waals surface area (Å²) in [6.07, 6.45) is 5.19. The molecule has 3 N–H and O–H groups in total. The van der Waals surface area contributed by atoms with Crippen molar-refractivity contribution in [2.75, 3.05) is 32.1 Å². The smallest absolute Gasteiger partial charge is 0.253 e. The van der Waals surface area contributed by atoms with Crippen LogP contribution in [0.2, 0.25) is 0 Å². The van der Waals surface area contributed by atoms with Crippen molar-refractivity contribution in [2.45, 2.75) is 83.4 Å². The summed E-state index contributed by atoms with van der Waals surface area (Å²) in [6, 6.07) is 12.4. The Hall–Kier alpha value is -2.97. The van der Waals surface area contributed by atoms with Crippen LogP contribution in [-0.4, -0.2) is 66.0 Å². The van der Waals surface area contributed by atoms with Crippen molar-refractivity contribution in [2.24, 2.45) is 23.2 Å². The first-order valence-corrected chi connectivity index (χ1v) is 15.9. The van der Waals surface area contributed by atoms with Crippen molar-refractivity contribution < 1.29 is 28.9 Å². The quantitative estimate of drug-likeness (QED) is 0.274. The van der Waals surface area contributed by atoms with Gasteiger partial charge in [0.05, 0.1) is 12.7 Å². The van der Waals surface area contributed by atoms with Gasteiger partial charge in [-0.25, -0.2) is 4.39 Å². The Kier molecular flexibility index (Phi) is 9.76. The zero-order chi connectivity index (χ0) is 30.7. The summed E-state index contributed by atoms with van der Waals surface area (Å²) < 4.78 is 21.3. The van der Waals surface area contributed by atoms with Gasteiger partial charge in [0.1, 0.15) is 11.9 Å². The van der Waals surface area contributed by atoms with Gasteiger partial charge in [-0.05, 0) is 109 Å². The number of aliphatic hydroxyl groups excluding tert-OH is 1. The number of unbranched alkanes of at least 4 members (excludes halogenated alkanes) is 2. The van der Waals surface area contributed by atoms with E-state index >= 15 is 4.39 Å². The molecule has 3 unspecified atom stereocenters. The number of phenols is 1. The number of nitrogens with zero attached hydrogens (tertiary/aromatic N) is 1. The molecule has 0 radical (unpaired) electrons. The van der Waals surface area contributed by atoms with Crippen LogP contribution in [0.3, 0.4) is 0 Å². The van der Waals surface area contributed by atoms with Gasteiger partial charge in [0.2, 0.25) is 5.91 Å². The summed E-state index contributed by atoms with van der Waals surface area (Å²) in [6.45, 7) is 5.10. The summed E-state index contributed by atoms with van der Waals surface area (Å²) >= 11 is 0. The molecule has 7 nitrogen and oxygen atoms in total. The highest BCUT2D eigenvalue weighted by Crippen LogP contribution is 2.63. The van der Waals surface area contributed by atoms with Crippen LogP contribution < -0.4 is 5.32 Å². The van der Waals surface area contributed by atoms with Crippen LogP contribution in [0.1, 0.15) is 86.2 Å². The highest BCUT2D eigenvalue weighted by atomic mass is 19.1. The lowest BCUT2D eigenvalue weighted by Gasteiger charge is -2.54. The third-order valence-electron chi connectivity index (χ3n) is 10.6. The Morgan fingerprint density at radius 3 is 2.58 bits per heavy atom. The third-order valence-corrected chi connectivity index (χ3v) is 10.6. The van der Waals surface area contributed by atoms with E-state index in [-0.39, 0.29) is 34.8 Å². The average molecular weight is 595 g/mol. The van der Waals surface area contributed by atoms with Gasteiger partial charge in [-0.3, -0.25) is 9.59 Å². The highest BCUT2D eigenvalue weighted by molar-refractivity contribution is 5.95. The molecule has 3 aliphatic carbocycles. The van der Waals surface area contributed by atoms with Crippen molar-refractivity contribution in [3.8, 4) is 5.75 Å². The topological polar surface area (TPSA) is 99.1 Å². The van der Waals surface area contributed by atoms with E-state index in [0.717, 1.165) is 56.1 Å². The van der Waals surface area contributed by atoms with Crippen LogP contribution in [-0.2, 0) is 16.0 Å². The number of alkyl halides is 1. The van der Waals surface area contributed by atoms with E-state index in [4.69, 9.17) is 4.74 Å². The maximum Gasteiger partial charge on any atom is 0.253 e. The summed E-state index contributed by atoms with van der Waals surface area (Å²) in [7, 11) is 1.63. The molecule has 8 heteroatoms. The standard InChI is InChI=1S/C35H47FN2O5/c1-22(39)37-26-10-8-23(9-11-26)34(42)38(17-18-43-3)16-6-4-5-7-24-19-25-20-27(40)12-13-28(25)33-30(36)21-35(2)29(32(24)33)14-15-31(35)41/h8-13,20,24,29-33,40-41H,4-7,14-19,21H2,1-3H3,(H,37,39)/t24-,29?,30+,31+,32?,33?,35+/m1/s1. The van der Waals surface area contributed by atoms with Gasteiger partial charge >= 0.3 is 0 Å². The minimum absolute atomic E-state index is 0.0618. The number of ether oxygens (including phenoxy) is 1. The summed E-state index contributed by atoms with van der Waals surface area (Å²) in [5.74, 6) is 0.600. The van der Waals surface area contributed by atoms with E-state index in [0.29, 0.717) is 49.2 Å². The Bertz CT molecular complexity index is 1290. The number of hydrogen-bond donors (Lipinski definition) is 3. The van der Waals surface area contributed by atoms with E-state index < -0.39 is 12.3 Å². The maximum atomic E-state index is 16.0. The van der Waals surface area contributed by atoms with Crippen LogP contribution in [0.25, 0.3) is 0 Å². The summed E-state index contributed by atoms with van der Waals surface area (Å²) in [5.41, 5.74) is 2.96. The summed E-state index contributed by atoms with van der Waals surface area (Å²) in [5, 5.41) is 23.8. The predicted molar refractivity (Wildman–Crippen MR) is 165 cm³/mol. The Labute approximate surface area is 254 Å². The maximum absolute atomic E-state index is 16.0. The van der Waals surface area contributed by atoms with E-state index in [1.165, 1.54) is 6.92 Å². The van der Waals surface area contributed by atoms with Crippen LogP contribution >= 0.6 is 0 Å². The molecular weight excluding hydrogens is 547 g/mol. The lowest BCUT2D eigenvalue weighted by atomic mass is 9.51. The number of nitrogens with one attached hydrogen (secondary N) is 1. The Balaban J connectivity index is 1.23. The SMILES string of the molecule is COCCN(CCCCC[C@@H]1Cc2cc(O)ccc2C2C1C1CC[C@H](O)[C@@]1(C)C[C@@H]2F)C(=O)c1ccc(NC(C)=O)cc1. The van der Waals surface area contributed by atoms with E-state index in [2.05, 4.69) is 12.2 Å². The molecule has 5 rings (SSSR count). The van der Waals surface area contributed by atoms with Gasteiger partial charge in [-0.15, -0.1) is 0 Å². The minimum Gasteiger partial charge on any atom is -0.508 e. The third kappa shape index (κ3) is 6.60. The lowest BCUT2D eigenvalue weighted by Crippen LogP contribution is -2.51. The van der Waals surface area contributed by atoms with Crippen molar-refractivity contribution in [1.29, 1.82) is 0 Å². The number of carbonyl (C=O) groups excluding carboxylic acids is 2. The van der Waals surface area contributed by atoms with Crippen LogP contribution in [0.15, 0.2) is 42.5 Å². The lowest BCUT2D eigenvalue weighted by molar-refractivity contribution is -0.114. The molecule has 43 heavy (non-hydrogen) atoms. The van der Waals surface area contributed by atoms with Crippen molar-refractivity contribution in [3.63, 3.8) is 0 Å². The molecule has 2 aromatic rings. The molecule has 0 aliphatic heterocycles. The number of benzene rings is 2. The van der Waals surface area contributed by atoms with Gasteiger partial charge in [-0.1, -0.05) is 25.8 Å². The number of amides is 2. The first-order valence-electron chi connectivity index (χ1n) is 15.9. The van der Waals surface area contributed by atoms with Gasteiger partial charge < -0.3 is 25.2 Å². The molecule has 2 amide bonds. The molecule has 2 saturated carbocycles. The molecule has 0 saturated heterocycles. The minimum atomic E-state index is -1.00. The van der Waals surface area contributed by atoms with E-state index in [9.17, 15) is 19.8 Å². The second-order valence-corrected chi connectivity index (χ2v) is 13.3.